The van der Waals surface area contributed by atoms with Crippen LogP contribution in [0.3, 0.4) is 0 Å². The normalized spacial score (nSPS) is 15.9. The molecule has 0 aromatic carbocycles. The number of hydrogen-bond donors (Lipinski definition) is 1. The Morgan fingerprint density at radius 3 is 2.38 bits per heavy atom. The van der Waals surface area contributed by atoms with Gasteiger partial charge in [-0.05, 0) is 58.3 Å². The summed E-state index contributed by atoms with van der Waals surface area (Å²) in [5, 5.41) is 3.39. The van der Waals surface area contributed by atoms with E-state index in [9.17, 15) is 0 Å². The summed E-state index contributed by atoms with van der Waals surface area (Å²) in [6.07, 6.45) is 9.81. The number of rotatable bonds is 11. The Hall–Kier alpha value is -0.0800. The van der Waals surface area contributed by atoms with Crippen molar-refractivity contribution in [2.45, 2.75) is 64.8 Å². The Balaban J connectivity index is 1.88. The highest BCUT2D eigenvalue weighted by Crippen LogP contribution is 2.27. The lowest BCUT2D eigenvalue weighted by molar-refractivity contribution is 0.257. The van der Waals surface area contributed by atoms with Crippen LogP contribution >= 0.6 is 0 Å². The molecule has 0 bridgehead atoms. The fourth-order valence-corrected chi connectivity index (χ4v) is 2.30. The van der Waals surface area contributed by atoms with Gasteiger partial charge < -0.3 is 10.2 Å². The first-order valence-electron chi connectivity index (χ1n) is 7.33. The zero-order valence-corrected chi connectivity index (χ0v) is 11.3. The third-order valence-corrected chi connectivity index (χ3v) is 3.37. The van der Waals surface area contributed by atoms with Crippen molar-refractivity contribution in [3.8, 4) is 0 Å². The molecule has 2 heteroatoms. The molecule has 0 aromatic rings. The maximum atomic E-state index is 3.39. The molecule has 0 unspecified atom stereocenters. The predicted molar refractivity (Wildman–Crippen MR) is 71.9 cm³/mol. The van der Waals surface area contributed by atoms with Gasteiger partial charge in [0.2, 0.25) is 0 Å². The summed E-state index contributed by atoms with van der Waals surface area (Å²) < 4.78 is 0. The molecule has 0 heterocycles. The van der Waals surface area contributed by atoms with Crippen molar-refractivity contribution in [3.63, 3.8) is 0 Å². The smallest absolute Gasteiger partial charge is 0.00964 e. The van der Waals surface area contributed by atoms with E-state index in [4.69, 9.17) is 0 Å². The van der Waals surface area contributed by atoms with Gasteiger partial charge in [0, 0.05) is 6.04 Å². The first kappa shape index (κ1) is 14.0. The summed E-state index contributed by atoms with van der Waals surface area (Å²) >= 11 is 0. The topological polar surface area (TPSA) is 15.3 Å². The first-order chi connectivity index (χ1) is 7.88. The van der Waals surface area contributed by atoms with Crippen molar-refractivity contribution in [1.82, 2.24) is 10.2 Å². The molecule has 0 aromatic heterocycles. The summed E-state index contributed by atoms with van der Waals surface area (Å²) in [6.45, 7) is 9.47. The Morgan fingerprint density at radius 1 is 1.00 bits per heavy atom. The number of nitrogens with zero attached hydrogens (tertiary/aromatic N) is 1. The van der Waals surface area contributed by atoms with E-state index >= 15 is 0 Å². The Bertz CT molecular complexity index is 155. The number of unbranched alkanes of at least 4 members (excludes halogenated alkanes) is 3. The maximum Gasteiger partial charge on any atom is 0.00964 e. The quantitative estimate of drug-likeness (QED) is 0.545. The van der Waals surface area contributed by atoms with E-state index in [0.717, 1.165) is 12.6 Å². The molecule has 2 nitrogen and oxygen atoms in total. The minimum atomic E-state index is 0.960. The van der Waals surface area contributed by atoms with E-state index in [1.54, 1.807) is 0 Å². The zero-order valence-electron chi connectivity index (χ0n) is 11.3. The predicted octanol–water partition coefficient (Wildman–Crippen LogP) is 3.03. The minimum absolute atomic E-state index is 0.960. The van der Waals surface area contributed by atoms with Gasteiger partial charge in [-0.3, -0.25) is 0 Å². The molecule has 16 heavy (non-hydrogen) atoms. The lowest BCUT2D eigenvalue weighted by atomic mass is 10.2. The molecular weight excluding hydrogens is 196 g/mol. The monoisotopic (exact) mass is 226 g/mol. The molecule has 1 aliphatic rings. The Morgan fingerprint density at radius 2 is 1.75 bits per heavy atom. The van der Waals surface area contributed by atoms with Gasteiger partial charge in [-0.15, -0.1) is 0 Å². The Kier molecular flexibility index (Phi) is 7.87. The van der Waals surface area contributed by atoms with Crippen LogP contribution in [0.1, 0.15) is 58.8 Å². The van der Waals surface area contributed by atoms with Gasteiger partial charge in [0.1, 0.15) is 0 Å². The second-order valence-corrected chi connectivity index (χ2v) is 5.03. The van der Waals surface area contributed by atoms with E-state index < -0.39 is 0 Å². The molecule has 0 atom stereocenters. The van der Waals surface area contributed by atoms with Gasteiger partial charge in [-0.2, -0.15) is 0 Å². The largest absolute Gasteiger partial charge is 0.317 e. The molecule has 1 saturated carbocycles. The lowest BCUT2D eigenvalue weighted by Gasteiger charge is -2.20. The molecule has 0 amide bonds. The molecule has 0 radical (unpaired) electrons. The summed E-state index contributed by atoms with van der Waals surface area (Å²) in [5.74, 6) is 0. The molecular formula is C14H30N2. The first-order valence-corrected chi connectivity index (χ1v) is 7.33. The summed E-state index contributed by atoms with van der Waals surface area (Å²) in [4.78, 5) is 2.71. The second-order valence-electron chi connectivity index (χ2n) is 5.03. The van der Waals surface area contributed by atoms with Crippen LogP contribution in [-0.2, 0) is 0 Å². The van der Waals surface area contributed by atoms with Crippen LogP contribution in [0.5, 0.6) is 0 Å². The van der Waals surface area contributed by atoms with Crippen molar-refractivity contribution in [2.75, 3.05) is 26.2 Å². The van der Waals surface area contributed by atoms with Crippen LogP contribution in [-0.4, -0.2) is 37.1 Å². The van der Waals surface area contributed by atoms with Crippen molar-refractivity contribution in [2.24, 2.45) is 0 Å². The van der Waals surface area contributed by atoms with Crippen LogP contribution in [0, 0.1) is 0 Å². The molecule has 1 N–H and O–H groups in total. The molecule has 1 fully saturated rings. The maximum absolute atomic E-state index is 3.39. The standard InChI is InChI=1S/C14H30N2/c1-3-12-16(14-9-10-14)13-8-6-5-7-11-15-4-2/h14-15H,3-13H2,1-2H3. The molecule has 0 spiro atoms. The van der Waals surface area contributed by atoms with Crippen LogP contribution in [0.2, 0.25) is 0 Å². The summed E-state index contributed by atoms with van der Waals surface area (Å²) in [6, 6.07) is 0.960. The molecule has 1 aliphatic carbocycles. The van der Waals surface area contributed by atoms with Crippen molar-refractivity contribution in [3.05, 3.63) is 0 Å². The van der Waals surface area contributed by atoms with Gasteiger partial charge in [-0.25, -0.2) is 0 Å². The molecule has 96 valence electrons. The van der Waals surface area contributed by atoms with Crippen LogP contribution in [0.15, 0.2) is 0 Å². The van der Waals surface area contributed by atoms with Gasteiger partial charge in [0.05, 0.1) is 0 Å². The van der Waals surface area contributed by atoms with Gasteiger partial charge in [0.25, 0.3) is 0 Å². The van der Waals surface area contributed by atoms with E-state index in [-0.39, 0.29) is 0 Å². The van der Waals surface area contributed by atoms with Gasteiger partial charge in [0.15, 0.2) is 0 Å². The highest BCUT2D eigenvalue weighted by atomic mass is 15.2. The highest BCUT2D eigenvalue weighted by Gasteiger charge is 2.27. The lowest BCUT2D eigenvalue weighted by Crippen LogP contribution is -2.28. The fourth-order valence-electron chi connectivity index (χ4n) is 2.30. The third-order valence-electron chi connectivity index (χ3n) is 3.37. The average Bonchev–Trinajstić information content (AvgIpc) is 3.10. The molecule has 0 saturated heterocycles. The van der Waals surface area contributed by atoms with Crippen LogP contribution in [0.25, 0.3) is 0 Å². The second kappa shape index (κ2) is 9.00. The third kappa shape index (κ3) is 6.49. The van der Waals surface area contributed by atoms with Gasteiger partial charge in [-0.1, -0.05) is 26.7 Å². The van der Waals surface area contributed by atoms with Crippen molar-refractivity contribution in [1.29, 1.82) is 0 Å². The van der Waals surface area contributed by atoms with E-state index in [2.05, 4.69) is 24.1 Å². The number of hydrogen-bond acceptors (Lipinski definition) is 2. The van der Waals surface area contributed by atoms with Crippen molar-refractivity contribution >= 4 is 0 Å². The molecule has 1 rings (SSSR count). The minimum Gasteiger partial charge on any atom is -0.317 e. The zero-order chi connectivity index (χ0) is 11.6. The fraction of sp³-hybridized carbons (Fsp3) is 1.00. The van der Waals surface area contributed by atoms with E-state index in [0.29, 0.717) is 0 Å². The summed E-state index contributed by atoms with van der Waals surface area (Å²) in [7, 11) is 0. The van der Waals surface area contributed by atoms with Gasteiger partial charge >= 0.3 is 0 Å². The molecule has 0 aliphatic heterocycles. The van der Waals surface area contributed by atoms with Crippen molar-refractivity contribution < 1.29 is 0 Å². The Labute approximate surface area is 102 Å². The number of nitrogens with one attached hydrogen (secondary N) is 1. The highest BCUT2D eigenvalue weighted by molar-refractivity contribution is 4.84. The van der Waals surface area contributed by atoms with Crippen LogP contribution < -0.4 is 5.32 Å². The van der Waals surface area contributed by atoms with E-state index in [1.807, 2.05) is 0 Å². The van der Waals surface area contributed by atoms with E-state index in [1.165, 1.54) is 64.6 Å². The van der Waals surface area contributed by atoms with Crippen LogP contribution in [0.4, 0.5) is 0 Å². The average molecular weight is 226 g/mol. The SMILES string of the molecule is CCCN(CCCCCCNCC)C1CC1. The summed E-state index contributed by atoms with van der Waals surface area (Å²) in [5.41, 5.74) is 0.